The molecule has 5 nitrogen and oxygen atoms in total. The molecule has 1 rings (SSSR count). The molecule has 0 aliphatic rings. The summed E-state index contributed by atoms with van der Waals surface area (Å²) in [5.41, 5.74) is -0.508. The van der Waals surface area contributed by atoms with E-state index in [1.54, 1.807) is 13.8 Å². The molecular formula is C9H9F3N2O3. The average Bonchev–Trinajstić information content (AvgIpc) is 2.14. The van der Waals surface area contributed by atoms with E-state index >= 15 is 0 Å². The summed E-state index contributed by atoms with van der Waals surface area (Å²) in [4.78, 5) is 16.7. The fourth-order valence-electron chi connectivity index (χ4n) is 0.963. The molecule has 1 aromatic rings. The second kappa shape index (κ2) is 4.56. The Balaban J connectivity index is 3.24. The Bertz CT molecular complexity index is 432. The predicted molar refractivity (Wildman–Crippen MR) is 49.8 cm³/mol. The van der Waals surface area contributed by atoms with Crippen molar-refractivity contribution in [3.05, 3.63) is 17.6 Å². The Morgan fingerprint density at radius 2 is 2.06 bits per heavy atom. The van der Waals surface area contributed by atoms with Crippen LogP contribution in [0.15, 0.2) is 6.20 Å². The fraction of sp³-hybridized carbons (Fsp3) is 0.444. The maximum Gasteiger partial charge on any atom is 0.451 e. The number of halogens is 3. The van der Waals surface area contributed by atoms with Crippen LogP contribution in [0.1, 0.15) is 30.0 Å². The summed E-state index contributed by atoms with van der Waals surface area (Å²) < 4.78 is 41.8. The summed E-state index contributed by atoms with van der Waals surface area (Å²) >= 11 is 0. The monoisotopic (exact) mass is 250 g/mol. The minimum Gasteiger partial charge on any atom is -0.477 e. The van der Waals surface area contributed by atoms with E-state index in [1.165, 1.54) is 0 Å². The average molecular weight is 250 g/mol. The number of carboxylic acid groups (broad SMARTS) is 1. The Morgan fingerprint density at radius 3 is 2.47 bits per heavy atom. The molecule has 0 amide bonds. The highest BCUT2D eigenvalue weighted by atomic mass is 19.4. The molecule has 0 aliphatic carbocycles. The van der Waals surface area contributed by atoms with E-state index in [1.807, 2.05) is 0 Å². The number of rotatable bonds is 3. The Labute approximate surface area is 94.3 Å². The number of hydrogen-bond donors (Lipinski definition) is 1. The van der Waals surface area contributed by atoms with Gasteiger partial charge in [0.2, 0.25) is 11.7 Å². The fourth-order valence-corrected chi connectivity index (χ4v) is 0.963. The highest BCUT2D eigenvalue weighted by molar-refractivity contribution is 5.89. The van der Waals surface area contributed by atoms with Crippen LogP contribution in [0.2, 0.25) is 0 Å². The number of nitrogens with zero attached hydrogens (tertiary/aromatic N) is 2. The lowest BCUT2D eigenvalue weighted by Crippen LogP contribution is -2.17. The molecule has 1 aromatic heterocycles. The molecule has 0 fully saturated rings. The van der Waals surface area contributed by atoms with Crippen molar-refractivity contribution in [1.82, 2.24) is 9.97 Å². The molecule has 0 aromatic carbocycles. The van der Waals surface area contributed by atoms with Gasteiger partial charge in [-0.1, -0.05) is 0 Å². The summed E-state index contributed by atoms with van der Waals surface area (Å²) in [6, 6.07) is 0. The zero-order chi connectivity index (χ0) is 13.2. The van der Waals surface area contributed by atoms with Crippen molar-refractivity contribution >= 4 is 5.97 Å². The van der Waals surface area contributed by atoms with Gasteiger partial charge in [0.15, 0.2) is 0 Å². The first-order valence-electron chi connectivity index (χ1n) is 4.56. The third kappa shape index (κ3) is 3.30. The third-order valence-electron chi connectivity index (χ3n) is 1.59. The van der Waals surface area contributed by atoms with Gasteiger partial charge in [0.1, 0.15) is 5.56 Å². The lowest BCUT2D eigenvalue weighted by molar-refractivity contribution is -0.145. The number of alkyl halides is 3. The zero-order valence-electron chi connectivity index (χ0n) is 8.95. The number of ether oxygens (including phenoxy) is 1. The van der Waals surface area contributed by atoms with Crippen molar-refractivity contribution < 1.29 is 27.8 Å². The second-order valence-corrected chi connectivity index (χ2v) is 3.38. The van der Waals surface area contributed by atoms with Crippen LogP contribution in [0.5, 0.6) is 5.88 Å². The maximum absolute atomic E-state index is 12.3. The minimum atomic E-state index is -4.74. The van der Waals surface area contributed by atoms with Crippen molar-refractivity contribution in [2.24, 2.45) is 0 Å². The number of hydrogen-bond acceptors (Lipinski definition) is 4. The number of carboxylic acids is 1. The highest BCUT2D eigenvalue weighted by Crippen LogP contribution is 2.28. The standard InChI is InChI=1S/C9H9F3N2O3/c1-4(2)17-6-5(7(15)16)3-13-8(14-6)9(10,11)12/h3-4H,1-2H3,(H,15,16). The van der Waals surface area contributed by atoms with Crippen molar-refractivity contribution in [1.29, 1.82) is 0 Å². The van der Waals surface area contributed by atoms with Crippen LogP contribution in [0.3, 0.4) is 0 Å². The molecule has 0 unspecified atom stereocenters. The van der Waals surface area contributed by atoms with Crippen molar-refractivity contribution in [2.45, 2.75) is 26.1 Å². The van der Waals surface area contributed by atoms with Gasteiger partial charge < -0.3 is 9.84 Å². The molecule has 8 heteroatoms. The van der Waals surface area contributed by atoms with E-state index < -0.39 is 35.5 Å². The molecule has 0 atom stereocenters. The Hall–Kier alpha value is -1.86. The van der Waals surface area contributed by atoms with E-state index in [0.717, 1.165) is 0 Å². The van der Waals surface area contributed by atoms with E-state index in [9.17, 15) is 18.0 Å². The van der Waals surface area contributed by atoms with Gasteiger partial charge in [0, 0.05) is 6.20 Å². The van der Waals surface area contributed by atoms with Gasteiger partial charge in [-0.3, -0.25) is 0 Å². The summed E-state index contributed by atoms with van der Waals surface area (Å²) in [7, 11) is 0. The SMILES string of the molecule is CC(C)Oc1nc(C(F)(F)F)ncc1C(=O)O. The number of carbonyl (C=O) groups is 1. The van der Waals surface area contributed by atoms with E-state index in [0.29, 0.717) is 6.20 Å². The molecule has 0 aliphatic heterocycles. The lowest BCUT2D eigenvalue weighted by Gasteiger charge is -2.12. The van der Waals surface area contributed by atoms with Gasteiger partial charge in [-0.15, -0.1) is 0 Å². The van der Waals surface area contributed by atoms with Gasteiger partial charge in [-0.2, -0.15) is 18.2 Å². The third-order valence-corrected chi connectivity index (χ3v) is 1.59. The van der Waals surface area contributed by atoms with Crippen LogP contribution >= 0.6 is 0 Å². The molecule has 0 spiro atoms. The molecular weight excluding hydrogens is 241 g/mol. The summed E-state index contributed by atoms with van der Waals surface area (Å²) in [5, 5.41) is 8.73. The topological polar surface area (TPSA) is 72.3 Å². The van der Waals surface area contributed by atoms with Gasteiger partial charge in [0.25, 0.3) is 0 Å². The van der Waals surface area contributed by atoms with Crippen molar-refractivity contribution in [3.63, 3.8) is 0 Å². The molecule has 17 heavy (non-hydrogen) atoms. The van der Waals surface area contributed by atoms with E-state index in [4.69, 9.17) is 9.84 Å². The maximum atomic E-state index is 12.3. The van der Waals surface area contributed by atoms with Gasteiger partial charge in [-0.25, -0.2) is 9.78 Å². The first-order valence-corrected chi connectivity index (χ1v) is 4.56. The van der Waals surface area contributed by atoms with Gasteiger partial charge in [-0.05, 0) is 13.8 Å². The number of aromatic carboxylic acids is 1. The molecule has 94 valence electrons. The van der Waals surface area contributed by atoms with Crippen molar-refractivity contribution in [2.75, 3.05) is 0 Å². The van der Waals surface area contributed by atoms with Crippen LogP contribution in [-0.2, 0) is 6.18 Å². The largest absolute Gasteiger partial charge is 0.477 e. The predicted octanol–water partition coefficient (Wildman–Crippen LogP) is 1.98. The molecule has 1 N–H and O–H groups in total. The lowest BCUT2D eigenvalue weighted by atomic mass is 10.3. The Morgan fingerprint density at radius 1 is 1.47 bits per heavy atom. The van der Waals surface area contributed by atoms with Crippen LogP contribution in [0.25, 0.3) is 0 Å². The molecule has 0 saturated heterocycles. The quantitative estimate of drug-likeness (QED) is 0.887. The Kier molecular flexibility index (Phi) is 3.54. The van der Waals surface area contributed by atoms with Gasteiger partial charge >= 0.3 is 12.1 Å². The summed E-state index contributed by atoms with van der Waals surface area (Å²) in [6.07, 6.45) is -4.66. The minimum absolute atomic E-state index is 0.496. The normalized spacial score (nSPS) is 11.6. The van der Waals surface area contributed by atoms with Gasteiger partial charge in [0.05, 0.1) is 6.10 Å². The van der Waals surface area contributed by atoms with E-state index in [2.05, 4.69) is 9.97 Å². The number of aromatic nitrogens is 2. The molecule has 0 bridgehead atoms. The first kappa shape index (κ1) is 13.2. The van der Waals surface area contributed by atoms with E-state index in [-0.39, 0.29) is 0 Å². The van der Waals surface area contributed by atoms with Crippen molar-refractivity contribution in [3.8, 4) is 5.88 Å². The molecule has 1 heterocycles. The smallest absolute Gasteiger partial charge is 0.451 e. The first-order chi connectivity index (χ1) is 7.71. The van der Waals surface area contributed by atoms with Crippen LogP contribution in [-0.4, -0.2) is 27.1 Å². The van der Waals surface area contributed by atoms with Crippen LogP contribution < -0.4 is 4.74 Å². The molecule has 0 radical (unpaired) electrons. The highest BCUT2D eigenvalue weighted by Gasteiger charge is 2.36. The second-order valence-electron chi connectivity index (χ2n) is 3.38. The van der Waals surface area contributed by atoms with Crippen LogP contribution in [0, 0.1) is 0 Å². The summed E-state index contributed by atoms with van der Waals surface area (Å²) in [6.45, 7) is 3.09. The zero-order valence-corrected chi connectivity index (χ0v) is 8.95. The molecule has 0 saturated carbocycles. The van der Waals surface area contributed by atoms with Crippen LogP contribution in [0.4, 0.5) is 13.2 Å². The summed E-state index contributed by atoms with van der Waals surface area (Å²) in [5.74, 6) is -3.47.